The summed E-state index contributed by atoms with van der Waals surface area (Å²) in [5.41, 5.74) is 0.864. The van der Waals surface area contributed by atoms with Crippen molar-refractivity contribution in [3.63, 3.8) is 0 Å². The molecule has 74 valence electrons. The number of hydrogen-bond acceptors (Lipinski definition) is 3. The number of methoxy groups -OCH3 is 1. The van der Waals surface area contributed by atoms with Crippen LogP contribution < -0.4 is 4.74 Å². The van der Waals surface area contributed by atoms with Gasteiger partial charge in [0.25, 0.3) is 0 Å². The van der Waals surface area contributed by atoms with E-state index in [2.05, 4.69) is 16.8 Å². The molecule has 0 spiro atoms. The minimum atomic E-state index is 0.730. The number of ether oxygens (including phenoxy) is 1. The maximum absolute atomic E-state index is 5.06. The molecular formula is C12H9NOS. The van der Waals surface area contributed by atoms with Crippen LogP contribution in [0.15, 0.2) is 36.0 Å². The monoisotopic (exact) mass is 215 g/mol. The highest BCUT2D eigenvalue weighted by atomic mass is 32.1. The van der Waals surface area contributed by atoms with Crippen molar-refractivity contribution in [3.8, 4) is 17.6 Å². The Morgan fingerprint density at radius 3 is 3.00 bits per heavy atom. The molecule has 2 aromatic rings. The number of aromatic nitrogens is 1. The summed E-state index contributed by atoms with van der Waals surface area (Å²) in [6.45, 7) is 0. The predicted molar refractivity (Wildman–Crippen MR) is 61.1 cm³/mol. The van der Waals surface area contributed by atoms with Gasteiger partial charge < -0.3 is 4.74 Å². The first-order valence-corrected chi connectivity index (χ1v) is 5.31. The number of thiophene rings is 1. The lowest BCUT2D eigenvalue weighted by atomic mass is 10.3. The third kappa shape index (κ3) is 2.58. The van der Waals surface area contributed by atoms with E-state index in [1.165, 1.54) is 0 Å². The Bertz CT molecular complexity index is 494. The number of nitrogens with zero attached hydrogens (tertiary/aromatic N) is 1. The van der Waals surface area contributed by atoms with Gasteiger partial charge in [0, 0.05) is 11.8 Å². The normalized spacial score (nSPS) is 9.13. The summed E-state index contributed by atoms with van der Waals surface area (Å²) in [5, 5.41) is 2.01. The summed E-state index contributed by atoms with van der Waals surface area (Å²) in [7, 11) is 1.62. The molecule has 2 rings (SSSR count). The molecular weight excluding hydrogens is 206 g/mol. The summed E-state index contributed by atoms with van der Waals surface area (Å²) in [5.74, 6) is 6.83. The molecule has 15 heavy (non-hydrogen) atoms. The third-order valence-electron chi connectivity index (χ3n) is 1.80. The Morgan fingerprint density at radius 1 is 1.33 bits per heavy atom. The van der Waals surface area contributed by atoms with Gasteiger partial charge >= 0.3 is 0 Å². The van der Waals surface area contributed by atoms with E-state index < -0.39 is 0 Å². The largest absolute Gasteiger partial charge is 0.495 e. The van der Waals surface area contributed by atoms with Crippen molar-refractivity contribution < 1.29 is 4.74 Å². The molecule has 2 heterocycles. The molecule has 0 aliphatic carbocycles. The maximum atomic E-state index is 5.06. The molecule has 0 atom stereocenters. The maximum Gasteiger partial charge on any atom is 0.138 e. The molecule has 0 aliphatic rings. The second kappa shape index (κ2) is 4.63. The molecule has 0 bridgehead atoms. The van der Waals surface area contributed by atoms with Gasteiger partial charge in [-0.15, -0.1) is 11.3 Å². The van der Waals surface area contributed by atoms with E-state index in [9.17, 15) is 0 Å². The summed E-state index contributed by atoms with van der Waals surface area (Å²) >= 11 is 1.63. The lowest BCUT2D eigenvalue weighted by Crippen LogP contribution is -1.85. The van der Waals surface area contributed by atoms with Crippen LogP contribution in [0.3, 0.4) is 0 Å². The zero-order valence-corrected chi connectivity index (χ0v) is 9.04. The van der Waals surface area contributed by atoms with Crippen LogP contribution in [0.1, 0.15) is 10.4 Å². The van der Waals surface area contributed by atoms with Crippen molar-refractivity contribution in [2.24, 2.45) is 0 Å². The van der Waals surface area contributed by atoms with E-state index >= 15 is 0 Å². The van der Waals surface area contributed by atoms with E-state index in [0.717, 1.165) is 16.2 Å². The van der Waals surface area contributed by atoms with Gasteiger partial charge in [-0.2, -0.15) is 0 Å². The average Bonchev–Trinajstić information content (AvgIpc) is 2.79. The van der Waals surface area contributed by atoms with E-state index in [1.54, 1.807) is 30.8 Å². The fourth-order valence-corrected chi connectivity index (χ4v) is 1.65. The minimum Gasteiger partial charge on any atom is -0.495 e. The smallest absolute Gasteiger partial charge is 0.138 e. The molecule has 0 N–H and O–H groups in total. The van der Waals surface area contributed by atoms with E-state index in [-0.39, 0.29) is 0 Å². The Kier molecular flexibility index (Phi) is 3.01. The van der Waals surface area contributed by atoms with Crippen LogP contribution >= 0.6 is 11.3 Å². The van der Waals surface area contributed by atoms with Crippen LogP contribution in [0.25, 0.3) is 0 Å². The fourth-order valence-electron chi connectivity index (χ4n) is 1.08. The summed E-state index contributed by atoms with van der Waals surface area (Å²) in [4.78, 5) is 5.08. The van der Waals surface area contributed by atoms with Crippen molar-refractivity contribution in [1.29, 1.82) is 0 Å². The lowest BCUT2D eigenvalue weighted by Gasteiger charge is -1.97. The van der Waals surface area contributed by atoms with Gasteiger partial charge in [0.15, 0.2) is 0 Å². The number of hydrogen-bond donors (Lipinski definition) is 0. The first-order chi connectivity index (χ1) is 7.38. The molecule has 0 fully saturated rings. The number of rotatable bonds is 1. The van der Waals surface area contributed by atoms with E-state index in [4.69, 9.17) is 4.74 Å². The average molecular weight is 215 g/mol. The van der Waals surface area contributed by atoms with Crippen LogP contribution in [0.4, 0.5) is 0 Å². The fraction of sp³-hybridized carbons (Fsp3) is 0.0833. The summed E-state index contributed by atoms with van der Waals surface area (Å²) < 4.78 is 5.06. The highest BCUT2D eigenvalue weighted by Gasteiger charge is 1.92. The Balaban J connectivity index is 2.23. The Morgan fingerprint density at radius 2 is 2.27 bits per heavy atom. The summed E-state index contributed by atoms with van der Waals surface area (Å²) in [6.07, 6.45) is 3.39. The van der Waals surface area contributed by atoms with E-state index in [0.29, 0.717) is 0 Å². The van der Waals surface area contributed by atoms with Gasteiger partial charge in [0.2, 0.25) is 0 Å². The van der Waals surface area contributed by atoms with Gasteiger partial charge in [-0.3, -0.25) is 4.98 Å². The topological polar surface area (TPSA) is 22.1 Å². The molecule has 0 aliphatic heterocycles. The van der Waals surface area contributed by atoms with Gasteiger partial charge in [0.05, 0.1) is 18.2 Å². The lowest BCUT2D eigenvalue weighted by molar-refractivity contribution is 0.413. The first-order valence-electron chi connectivity index (χ1n) is 4.43. The van der Waals surface area contributed by atoms with Crippen LogP contribution in [0, 0.1) is 11.8 Å². The molecule has 0 amide bonds. The highest BCUT2D eigenvalue weighted by molar-refractivity contribution is 7.10. The molecule has 3 heteroatoms. The van der Waals surface area contributed by atoms with E-state index in [1.807, 2.05) is 23.6 Å². The second-order valence-corrected chi connectivity index (χ2v) is 3.79. The van der Waals surface area contributed by atoms with Crippen molar-refractivity contribution in [1.82, 2.24) is 4.98 Å². The van der Waals surface area contributed by atoms with Crippen molar-refractivity contribution in [2.75, 3.05) is 7.11 Å². The summed E-state index contributed by atoms with van der Waals surface area (Å²) in [6, 6.07) is 5.84. The molecule has 0 aromatic carbocycles. The number of pyridine rings is 1. The first kappa shape index (κ1) is 9.75. The molecule has 0 radical (unpaired) electrons. The predicted octanol–water partition coefficient (Wildman–Crippen LogP) is 2.55. The molecule has 2 aromatic heterocycles. The van der Waals surface area contributed by atoms with Crippen molar-refractivity contribution >= 4 is 11.3 Å². The van der Waals surface area contributed by atoms with Crippen LogP contribution in [-0.2, 0) is 0 Å². The second-order valence-electron chi connectivity index (χ2n) is 2.84. The quantitative estimate of drug-likeness (QED) is 0.682. The molecule has 0 saturated heterocycles. The van der Waals surface area contributed by atoms with Crippen LogP contribution in [0.2, 0.25) is 0 Å². The molecule has 2 nitrogen and oxygen atoms in total. The zero-order valence-electron chi connectivity index (χ0n) is 8.23. The Hall–Kier alpha value is -1.79. The SMILES string of the molecule is COc1cncc(C#Cc2cccs2)c1. The molecule has 0 unspecified atom stereocenters. The zero-order chi connectivity index (χ0) is 10.5. The highest BCUT2D eigenvalue weighted by Crippen LogP contribution is 2.10. The third-order valence-corrected chi connectivity index (χ3v) is 2.59. The van der Waals surface area contributed by atoms with Crippen LogP contribution in [0.5, 0.6) is 5.75 Å². The van der Waals surface area contributed by atoms with Crippen molar-refractivity contribution in [2.45, 2.75) is 0 Å². The minimum absolute atomic E-state index is 0.730. The van der Waals surface area contributed by atoms with Gasteiger partial charge in [-0.25, -0.2) is 0 Å². The van der Waals surface area contributed by atoms with Crippen LogP contribution in [-0.4, -0.2) is 12.1 Å². The van der Waals surface area contributed by atoms with Gasteiger partial charge in [-0.1, -0.05) is 17.9 Å². The van der Waals surface area contributed by atoms with Gasteiger partial charge in [0.1, 0.15) is 5.75 Å². The molecule has 0 saturated carbocycles. The standard InChI is InChI=1S/C12H9NOS/c1-14-11-7-10(8-13-9-11)4-5-12-3-2-6-15-12/h2-3,6-9H,1H3. The van der Waals surface area contributed by atoms with Gasteiger partial charge in [-0.05, 0) is 17.5 Å². The Labute approximate surface area is 92.6 Å². The van der Waals surface area contributed by atoms with Crippen molar-refractivity contribution in [3.05, 3.63) is 46.4 Å².